The van der Waals surface area contributed by atoms with Crippen LogP contribution in [0.15, 0.2) is 41.5 Å². The van der Waals surface area contributed by atoms with Gasteiger partial charge in [0.05, 0.1) is 42.4 Å². The maximum Gasteiger partial charge on any atom is 0.308 e. The highest BCUT2D eigenvalue weighted by Crippen LogP contribution is 2.29. The molecular weight excluding hydrogens is 437 g/mol. The van der Waals surface area contributed by atoms with Crippen LogP contribution in [0.2, 0.25) is 0 Å². The molecule has 33 heavy (non-hydrogen) atoms. The molecule has 0 N–H and O–H groups in total. The lowest BCUT2D eigenvalue weighted by molar-refractivity contribution is -0.149. The first-order valence-corrected chi connectivity index (χ1v) is 10.8. The third-order valence-electron chi connectivity index (χ3n) is 5.85. The Bertz CT molecular complexity index is 1210. The van der Waals surface area contributed by atoms with Gasteiger partial charge in [0, 0.05) is 17.7 Å². The molecule has 0 atom stereocenters. The molecule has 1 saturated carbocycles. The van der Waals surface area contributed by atoms with Crippen molar-refractivity contribution in [2.75, 3.05) is 6.61 Å². The standard InChI is InChI=1S/C24H23F3N2O4/c1-2-32-24(31)14-3-5-16(6-4-14)33-17-7-8-22-18(11-17)23(30)28-13-29(22)12-19-20(26)9-15(25)10-21(19)27/h7-11,13-14,16H,2-6,12H2,1H3/t14-,16+. The predicted molar refractivity (Wildman–Crippen MR) is 114 cm³/mol. The Labute approximate surface area is 188 Å². The first-order chi connectivity index (χ1) is 15.9. The maximum absolute atomic E-state index is 14.1. The molecule has 0 aliphatic heterocycles. The van der Waals surface area contributed by atoms with Crippen molar-refractivity contribution in [1.82, 2.24) is 9.55 Å². The molecule has 1 fully saturated rings. The Morgan fingerprint density at radius 2 is 1.79 bits per heavy atom. The highest BCUT2D eigenvalue weighted by Gasteiger charge is 2.28. The fourth-order valence-electron chi connectivity index (χ4n) is 4.15. The number of halogens is 3. The summed E-state index contributed by atoms with van der Waals surface area (Å²) in [4.78, 5) is 28.0. The molecule has 0 amide bonds. The Morgan fingerprint density at radius 1 is 1.09 bits per heavy atom. The highest BCUT2D eigenvalue weighted by atomic mass is 19.1. The summed E-state index contributed by atoms with van der Waals surface area (Å²) in [7, 11) is 0. The van der Waals surface area contributed by atoms with Crippen LogP contribution in [0.1, 0.15) is 38.2 Å². The van der Waals surface area contributed by atoms with E-state index in [4.69, 9.17) is 9.47 Å². The molecule has 4 rings (SSSR count). The van der Waals surface area contributed by atoms with E-state index in [0.29, 0.717) is 55.7 Å². The zero-order valence-corrected chi connectivity index (χ0v) is 18.0. The number of rotatable bonds is 6. The number of nitrogens with zero attached hydrogens (tertiary/aromatic N) is 2. The van der Waals surface area contributed by atoms with Gasteiger partial charge in [0.15, 0.2) is 0 Å². The van der Waals surface area contributed by atoms with E-state index in [-0.39, 0.29) is 35.5 Å². The largest absolute Gasteiger partial charge is 0.490 e. The number of benzene rings is 2. The molecule has 0 unspecified atom stereocenters. The van der Waals surface area contributed by atoms with Gasteiger partial charge in [-0.05, 0) is 50.8 Å². The van der Waals surface area contributed by atoms with Crippen molar-refractivity contribution < 1.29 is 27.4 Å². The van der Waals surface area contributed by atoms with Crippen LogP contribution in [0.4, 0.5) is 13.2 Å². The van der Waals surface area contributed by atoms with E-state index in [9.17, 15) is 22.8 Å². The second kappa shape index (κ2) is 9.64. The molecule has 0 bridgehead atoms. The van der Waals surface area contributed by atoms with Gasteiger partial charge in [-0.1, -0.05) is 0 Å². The topological polar surface area (TPSA) is 70.4 Å². The summed E-state index contributed by atoms with van der Waals surface area (Å²) < 4.78 is 53.9. The first kappa shape index (κ1) is 22.8. The van der Waals surface area contributed by atoms with Crippen LogP contribution in [-0.2, 0) is 16.1 Å². The van der Waals surface area contributed by atoms with E-state index in [1.807, 2.05) is 0 Å². The Morgan fingerprint density at radius 3 is 2.45 bits per heavy atom. The van der Waals surface area contributed by atoms with E-state index in [1.54, 1.807) is 25.1 Å². The number of aromatic nitrogens is 2. The quantitative estimate of drug-likeness (QED) is 0.511. The Hall–Kier alpha value is -3.36. The number of hydrogen-bond acceptors (Lipinski definition) is 5. The highest BCUT2D eigenvalue weighted by molar-refractivity contribution is 5.79. The van der Waals surface area contributed by atoms with Crippen LogP contribution < -0.4 is 10.3 Å². The minimum Gasteiger partial charge on any atom is -0.490 e. The average Bonchev–Trinajstić information content (AvgIpc) is 2.78. The van der Waals surface area contributed by atoms with Gasteiger partial charge >= 0.3 is 5.97 Å². The van der Waals surface area contributed by atoms with Crippen molar-refractivity contribution in [3.8, 4) is 5.75 Å². The molecule has 1 aliphatic carbocycles. The number of carbonyl (C=O) groups is 1. The molecule has 1 aliphatic rings. The second-order valence-electron chi connectivity index (χ2n) is 8.05. The number of esters is 1. The van der Waals surface area contributed by atoms with Crippen molar-refractivity contribution >= 4 is 16.9 Å². The summed E-state index contributed by atoms with van der Waals surface area (Å²) in [5.74, 6) is -2.87. The fraction of sp³-hybridized carbons (Fsp3) is 0.375. The Kier molecular flexibility index (Phi) is 6.67. The third-order valence-corrected chi connectivity index (χ3v) is 5.85. The molecular formula is C24H23F3N2O4. The van der Waals surface area contributed by atoms with Crippen molar-refractivity contribution in [2.24, 2.45) is 5.92 Å². The summed E-state index contributed by atoms with van der Waals surface area (Å²) in [6, 6.07) is 6.07. The number of fused-ring (bicyclic) bond motifs is 1. The summed E-state index contributed by atoms with van der Waals surface area (Å²) in [6.45, 7) is 1.88. The summed E-state index contributed by atoms with van der Waals surface area (Å²) in [6.07, 6.45) is 3.79. The van der Waals surface area contributed by atoms with E-state index >= 15 is 0 Å². The summed E-state index contributed by atoms with van der Waals surface area (Å²) >= 11 is 0. The van der Waals surface area contributed by atoms with Gasteiger partial charge in [0.2, 0.25) is 0 Å². The van der Waals surface area contributed by atoms with Gasteiger partial charge < -0.3 is 14.0 Å². The molecule has 1 heterocycles. The SMILES string of the molecule is CCOC(=O)[C@H]1CC[C@@H](Oc2ccc3c(c2)c(=O)ncn3Cc2c(F)cc(F)cc2F)CC1. The number of carbonyl (C=O) groups excluding carboxylic acids is 1. The van der Waals surface area contributed by atoms with Crippen LogP contribution in [0, 0.1) is 23.4 Å². The summed E-state index contributed by atoms with van der Waals surface area (Å²) in [5, 5.41) is 0.234. The molecule has 9 heteroatoms. The minimum atomic E-state index is -1.02. The molecule has 0 spiro atoms. The molecule has 6 nitrogen and oxygen atoms in total. The van der Waals surface area contributed by atoms with Gasteiger partial charge in [-0.15, -0.1) is 0 Å². The van der Waals surface area contributed by atoms with Crippen LogP contribution in [-0.4, -0.2) is 28.2 Å². The van der Waals surface area contributed by atoms with Gasteiger partial charge in [-0.2, -0.15) is 4.98 Å². The van der Waals surface area contributed by atoms with Crippen molar-refractivity contribution in [2.45, 2.75) is 45.3 Å². The van der Waals surface area contributed by atoms with Crippen LogP contribution in [0.3, 0.4) is 0 Å². The third kappa shape index (κ3) is 5.02. The van der Waals surface area contributed by atoms with Crippen molar-refractivity contribution in [1.29, 1.82) is 0 Å². The van der Waals surface area contributed by atoms with Crippen LogP contribution in [0.5, 0.6) is 5.75 Å². The van der Waals surface area contributed by atoms with Crippen molar-refractivity contribution in [3.63, 3.8) is 0 Å². The molecule has 0 radical (unpaired) electrons. The lowest BCUT2D eigenvalue weighted by Crippen LogP contribution is -2.29. The Balaban J connectivity index is 1.53. The average molecular weight is 460 g/mol. The normalized spacial score (nSPS) is 18.3. The second-order valence-corrected chi connectivity index (χ2v) is 8.05. The molecule has 2 aromatic carbocycles. The lowest BCUT2D eigenvalue weighted by Gasteiger charge is -2.27. The monoisotopic (exact) mass is 460 g/mol. The zero-order valence-electron chi connectivity index (χ0n) is 18.0. The number of ether oxygens (including phenoxy) is 2. The smallest absolute Gasteiger partial charge is 0.308 e. The predicted octanol–water partition coefficient (Wildman–Crippen LogP) is 4.36. The van der Waals surface area contributed by atoms with Crippen LogP contribution >= 0.6 is 0 Å². The van der Waals surface area contributed by atoms with Gasteiger partial charge in [-0.25, -0.2) is 13.2 Å². The summed E-state index contributed by atoms with van der Waals surface area (Å²) in [5.41, 5.74) is -0.420. The van der Waals surface area contributed by atoms with Gasteiger partial charge in [-0.3, -0.25) is 9.59 Å². The lowest BCUT2D eigenvalue weighted by atomic mass is 9.87. The fourth-order valence-corrected chi connectivity index (χ4v) is 4.15. The first-order valence-electron chi connectivity index (χ1n) is 10.8. The van der Waals surface area contributed by atoms with Crippen molar-refractivity contribution in [3.05, 3.63) is 70.0 Å². The van der Waals surface area contributed by atoms with E-state index in [2.05, 4.69) is 4.98 Å². The van der Waals surface area contributed by atoms with Crippen LogP contribution in [0.25, 0.3) is 10.9 Å². The minimum absolute atomic E-state index is 0.102. The molecule has 3 aromatic rings. The molecule has 174 valence electrons. The van der Waals surface area contributed by atoms with Gasteiger partial charge in [0.1, 0.15) is 23.2 Å². The molecule has 1 aromatic heterocycles. The van der Waals surface area contributed by atoms with E-state index < -0.39 is 23.0 Å². The number of hydrogen-bond donors (Lipinski definition) is 0. The zero-order chi connectivity index (χ0) is 23.5. The molecule has 0 saturated heterocycles. The maximum atomic E-state index is 14.1. The van der Waals surface area contributed by atoms with E-state index in [0.717, 1.165) is 0 Å². The van der Waals surface area contributed by atoms with E-state index in [1.165, 1.54) is 10.9 Å². The van der Waals surface area contributed by atoms with Gasteiger partial charge in [0.25, 0.3) is 5.56 Å².